The molecule has 0 bridgehead atoms. The average Bonchev–Trinajstić information content (AvgIpc) is 3.91. The Labute approximate surface area is 274 Å². The van der Waals surface area contributed by atoms with E-state index in [9.17, 15) is 9.59 Å². The minimum absolute atomic E-state index is 0.00385. The van der Waals surface area contributed by atoms with Crippen LogP contribution in [0.2, 0.25) is 0 Å². The van der Waals surface area contributed by atoms with Gasteiger partial charge in [0.15, 0.2) is 5.65 Å². The first kappa shape index (κ1) is 31.0. The molecular formula is C35H43N7O5. The largest absolute Gasteiger partial charge is 0.497 e. The SMILES string of the molecule is COc1ccc(Cn2nc(OC)c3cc(N4CCC(N(C)C(=O)Nc5cc(C6CC6)cn(C6CCCOC6)c5=O)CC4)cnc32)cc1. The maximum Gasteiger partial charge on any atom is 0.321 e. The van der Waals surface area contributed by atoms with Crippen molar-refractivity contribution in [3.05, 3.63) is 70.3 Å². The topological polar surface area (TPSA) is 116 Å². The van der Waals surface area contributed by atoms with Crippen molar-refractivity contribution >= 4 is 28.4 Å². The predicted octanol–water partition coefficient (Wildman–Crippen LogP) is 5.02. The Kier molecular flexibility index (Phi) is 8.76. The van der Waals surface area contributed by atoms with E-state index < -0.39 is 0 Å². The van der Waals surface area contributed by atoms with Crippen molar-refractivity contribution in [3.8, 4) is 11.6 Å². The van der Waals surface area contributed by atoms with Gasteiger partial charge in [0.1, 0.15) is 11.4 Å². The van der Waals surface area contributed by atoms with Gasteiger partial charge in [-0.05, 0) is 79.8 Å². The number of hydrogen-bond donors (Lipinski definition) is 1. The molecule has 5 heterocycles. The molecule has 248 valence electrons. The van der Waals surface area contributed by atoms with Gasteiger partial charge in [-0.3, -0.25) is 4.79 Å². The van der Waals surface area contributed by atoms with Gasteiger partial charge in [0, 0.05) is 39.0 Å². The maximum absolute atomic E-state index is 13.5. The second kappa shape index (κ2) is 13.3. The van der Waals surface area contributed by atoms with E-state index in [0.29, 0.717) is 30.6 Å². The number of benzene rings is 1. The van der Waals surface area contributed by atoms with Gasteiger partial charge in [-0.15, -0.1) is 5.10 Å². The summed E-state index contributed by atoms with van der Waals surface area (Å²) >= 11 is 0. The van der Waals surface area contributed by atoms with E-state index in [0.717, 1.165) is 91.8 Å². The molecule has 12 heteroatoms. The number of pyridine rings is 2. The van der Waals surface area contributed by atoms with Crippen molar-refractivity contribution in [2.75, 3.05) is 57.8 Å². The Bertz CT molecular complexity index is 1780. The summed E-state index contributed by atoms with van der Waals surface area (Å²) in [6.45, 7) is 3.36. The molecule has 1 saturated carbocycles. The van der Waals surface area contributed by atoms with E-state index in [4.69, 9.17) is 19.2 Å². The summed E-state index contributed by atoms with van der Waals surface area (Å²) < 4.78 is 20.2. The number of carbonyl (C=O) groups excluding carboxylic acids is 1. The van der Waals surface area contributed by atoms with Crippen LogP contribution in [0, 0.1) is 0 Å². The molecule has 0 spiro atoms. The number of nitrogens with one attached hydrogen (secondary N) is 1. The number of aromatic nitrogens is 4. The fourth-order valence-electron chi connectivity index (χ4n) is 6.81. The molecule has 2 aliphatic heterocycles. The van der Waals surface area contributed by atoms with Gasteiger partial charge in [-0.2, -0.15) is 0 Å². The van der Waals surface area contributed by atoms with E-state index in [1.165, 1.54) is 0 Å². The van der Waals surface area contributed by atoms with Gasteiger partial charge in [0.05, 0.1) is 50.7 Å². The third-order valence-corrected chi connectivity index (χ3v) is 9.81. The Morgan fingerprint density at radius 3 is 2.53 bits per heavy atom. The van der Waals surface area contributed by atoms with Crippen molar-refractivity contribution in [1.82, 2.24) is 24.2 Å². The number of amides is 2. The maximum atomic E-state index is 13.5. The second-order valence-corrected chi connectivity index (χ2v) is 12.9. The number of hydrogen-bond acceptors (Lipinski definition) is 8. The van der Waals surface area contributed by atoms with Crippen molar-refractivity contribution in [2.45, 2.75) is 63.1 Å². The number of methoxy groups -OCH3 is 2. The lowest BCUT2D eigenvalue weighted by Crippen LogP contribution is -2.47. The van der Waals surface area contributed by atoms with Crippen LogP contribution in [0.15, 0.2) is 53.6 Å². The van der Waals surface area contributed by atoms with Gasteiger partial charge in [0.2, 0.25) is 5.88 Å². The third-order valence-electron chi connectivity index (χ3n) is 9.81. The van der Waals surface area contributed by atoms with Gasteiger partial charge in [0.25, 0.3) is 5.56 Å². The Balaban J connectivity index is 1.01. The molecule has 1 N–H and O–H groups in total. The molecule has 1 unspecified atom stereocenters. The predicted molar refractivity (Wildman–Crippen MR) is 180 cm³/mol. The average molecular weight is 642 g/mol. The molecule has 0 radical (unpaired) electrons. The third kappa shape index (κ3) is 6.51. The monoisotopic (exact) mass is 641 g/mol. The van der Waals surface area contributed by atoms with Crippen LogP contribution in [0.3, 0.4) is 0 Å². The van der Waals surface area contributed by atoms with Gasteiger partial charge < -0.3 is 33.9 Å². The van der Waals surface area contributed by atoms with Gasteiger partial charge in [-0.25, -0.2) is 14.5 Å². The fourth-order valence-corrected chi connectivity index (χ4v) is 6.81. The summed E-state index contributed by atoms with van der Waals surface area (Å²) in [5, 5.41) is 8.51. The summed E-state index contributed by atoms with van der Waals surface area (Å²) in [5.74, 6) is 1.80. The van der Waals surface area contributed by atoms with Crippen LogP contribution in [-0.2, 0) is 11.3 Å². The quantitative estimate of drug-likeness (QED) is 0.271. The number of nitrogens with zero attached hydrogens (tertiary/aromatic N) is 6. The summed E-state index contributed by atoms with van der Waals surface area (Å²) in [6, 6.07) is 11.7. The fraction of sp³-hybridized carbons (Fsp3) is 0.486. The molecule has 47 heavy (non-hydrogen) atoms. The first-order valence-electron chi connectivity index (χ1n) is 16.6. The molecule has 12 nitrogen and oxygen atoms in total. The van der Waals surface area contributed by atoms with Crippen molar-refractivity contribution in [3.63, 3.8) is 0 Å². The molecule has 1 aromatic carbocycles. The van der Waals surface area contributed by atoms with E-state index >= 15 is 0 Å². The van der Waals surface area contributed by atoms with Crippen LogP contribution in [0.1, 0.15) is 61.6 Å². The number of ether oxygens (including phenoxy) is 3. The minimum Gasteiger partial charge on any atom is -0.497 e. The summed E-state index contributed by atoms with van der Waals surface area (Å²) in [6.07, 6.45) is 9.53. The van der Waals surface area contributed by atoms with E-state index in [-0.39, 0.29) is 23.7 Å². The van der Waals surface area contributed by atoms with E-state index in [1.807, 2.05) is 54.5 Å². The lowest BCUT2D eigenvalue weighted by molar-refractivity contribution is 0.0580. The summed E-state index contributed by atoms with van der Waals surface area (Å²) in [7, 11) is 5.10. The van der Waals surface area contributed by atoms with Crippen molar-refractivity contribution in [1.29, 1.82) is 0 Å². The molecular weight excluding hydrogens is 598 g/mol. The minimum atomic E-state index is -0.253. The molecule has 3 aliphatic rings. The number of anilines is 2. The Hall–Kier alpha value is -4.58. The smallest absolute Gasteiger partial charge is 0.321 e. The molecule has 1 aliphatic carbocycles. The van der Waals surface area contributed by atoms with Crippen LogP contribution in [0.4, 0.5) is 16.2 Å². The van der Waals surface area contributed by atoms with Crippen molar-refractivity contribution in [2.24, 2.45) is 0 Å². The molecule has 3 aromatic heterocycles. The molecule has 2 saturated heterocycles. The standard InChI is InChI=1S/C35H43N7O5/c1-39(35(44)37-31-17-25(24-8-9-24)21-41(34(31)43)27-5-4-16-47-22-27)26-12-14-40(15-13-26)28-18-30-32(36-19-28)42(38-33(30)46-3)20-23-6-10-29(45-2)11-7-23/h6-7,10-11,17-19,21,24,26-27H,4-5,8-9,12-16,20,22H2,1-3H3,(H,37,44). The number of piperidine rings is 1. The number of fused-ring (bicyclic) bond motifs is 1. The Morgan fingerprint density at radius 1 is 1.06 bits per heavy atom. The number of carbonyl (C=O) groups is 1. The summed E-state index contributed by atoms with van der Waals surface area (Å²) in [5.41, 5.74) is 4.15. The highest BCUT2D eigenvalue weighted by atomic mass is 16.5. The first-order chi connectivity index (χ1) is 22.9. The molecule has 4 aromatic rings. The second-order valence-electron chi connectivity index (χ2n) is 12.9. The zero-order valence-electron chi connectivity index (χ0n) is 27.4. The van der Waals surface area contributed by atoms with E-state index in [2.05, 4.69) is 21.4 Å². The normalized spacial score (nSPS) is 18.7. The zero-order valence-corrected chi connectivity index (χ0v) is 27.4. The molecule has 1 atom stereocenters. The van der Waals surface area contributed by atoms with Crippen LogP contribution < -0.4 is 25.2 Å². The van der Waals surface area contributed by atoms with E-state index in [1.54, 1.807) is 23.7 Å². The highest BCUT2D eigenvalue weighted by Gasteiger charge is 2.30. The zero-order chi connectivity index (χ0) is 32.5. The first-order valence-corrected chi connectivity index (χ1v) is 16.6. The van der Waals surface area contributed by atoms with Crippen LogP contribution >= 0.6 is 0 Å². The number of rotatable bonds is 9. The van der Waals surface area contributed by atoms with Gasteiger partial charge in [-0.1, -0.05) is 12.1 Å². The van der Waals surface area contributed by atoms with Crippen molar-refractivity contribution < 1.29 is 19.0 Å². The highest BCUT2D eigenvalue weighted by Crippen LogP contribution is 2.40. The lowest BCUT2D eigenvalue weighted by atomic mass is 10.0. The highest BCUT2D eigenvalue weighted by molar-refractivity contribution is 5.89. The molecule has 2 amide bonds. The Morgan fingerprint density at radius 2 is 1.85 bits per heavy atom. The van der Waals surface area contributed by atoms with Crippen LogP contribution in [0.25, 0.3) is 11.0 Å². The molecule has 7 rings (SSSR count). The molecule has 3 fully saturated rings. The van der Waals surface area contributed by atoms with Gasteiger partial charge >= 0.3 is 6.03 Å². The van der Waals surface area contributed by atoms with Crippen LogP contribution in [0.5, 0.6) is 11.6 Å². The lowest BCUT2D eigenvalue weighted by Gasteiger charge is -2.37. The number of urea groups is 1. The summed E-state index contributed by atoms with van der Waals surface area (Å²) in [4.78, 5) is 35.8. The van der Waals surface area contributed by atoms with Crippen LogP contribution in [-0.4, -0.2) is 83.9 Å².